The van der Waals surface area contributed by atoms with Crippen molar-refractivity contribution in [3.05, 3.63) is 0 Å². The molecule has 90 valence electrons. The zero-order chi connectivity index (χ0) is 11.8. The maximum absolute atomic E-state index is 11.5. The molecule has 2 amide bonds. The second-order valence-corrected chi connectivity index (χ2v) is 5.50. The molecule has 1 unspecified atom stereocenters. The largest absolute Gasteiger partial charge is 0.295 e. The van der Waals surface area contributed by atoms with Crippen LogP contribution in [0.5, 0.6) is 0 Å². The molecule has 8 heteroatoms. The van der Waals surface area contributed by atoms with Gasteiger partial charge in [-0.1, -0.05) is 0 Å². The highest BCUT2D eigenvalue weighted by Crippen LogP contribution is 2.19. The van der Waals surface area contributed by atoms with Crippen LogP contribution in [0.15, 0.2) is 0 Å². The van der Waals surface area contributed by atoms with Crippen molar-refractivity contribution < 1.29 is 18.0 Å². The molecule has 2 fully saturated rings. The van der Waals surface area contributed by atoms with E-state index in [0.717, 1.165) is 12.8 Å². The van der Waals surface area contributed by atoms with E-state index in [1.165, 1.54) is 0 Å². The summed E-state index contributed by atoms with van der Waals surface area (Å²) in [6.07, 6.45) is 2.02. The molecule has 7 nitrogen and oxygen atoms in total. The summed E-state index contributed by atoms with van der Waals surface area (Å²) in [5.74, 6) is -0.951. The van der Waals surface area contributed by atoms with Gasteiger partial charge in [0.25, 0.3) is 10.2 Å². The van der Waals surface area contributed by atoms with E-state index in [0.29, 0.717) is 0 Å². The number of carbonyl (C=O) groups excluding carboxylic acids is 2. The van der Waals surface area contributed by atoms with Gasteiger partial charge in [-0.2, -0.15) is 17.9 Å². The second-order valence-electron chi connectivity index (χ2n) is 4.02. The average Bonchev–Trinajstić information content (AvgIpc) is 2.93. The minimum absolute atomic E-state index is 0.00853. The average molecular weight is 247 g/mol. The molecule has 0 aromatic carbocycles. The number of hydrogen-bond acceptors (Lipinski definition) is 4. The van der Waals surface area contributed by atoms with Crippen LogP contribution in [0.2, 0.25) is 0 Å². The summed E-state index contributed by atoms with van der Waals surface area (Å²) in [6, 6.07) is -0.861. The van der Waals surface area contributed by atoms with Crippen LogP contribution in [0, 0.1) is 0 Å². The first-order valence-corrected chi connectivity index (χ1v) is 6.58. The zero-order valence-corrected chi connectivity index (χ0v) is 9.34. The van der Waals surface area contributed by atoms with Gasteiger partial charge in [-0.25, -0.2) is 0 Å². The molecule has 0 aromatic rings. The fourth-order valence-corrected chi connectivity index (χ4v) is 2.79. The fraction of sp³-hybridized carbons (Fsp3) is 0.750. The normalized spacial score (nSPS) is 26.6. The number of hydrogen-bond donors (Lipinski definition) is 3. The van der Waals surface area contributed by atoms with Crippen molar-refractivity contribution in [1.29, 1.82) is 0 Å². The first kappa shape index (κ1) is 11.5. The van der Waals surface area contributed by atoms with E-state index in [1.807, 2.05) is 0 Å². The fourth-order valence-electron chi connectivity index (χ4n) is 1.45. The number of amides is 2. The minimum Gasteiger partial charge on any atom is -0.295 e. The summed E-state index contributed by atoms with van der Waals surface area (Å²) in [4.78, 5) is 22.1. The molecule has 0 spiro atoms. The highest BCUT2D eigenvalue weighted by Gasteiger charge is 2.33. The van der Waals surface area contributed by atoms with Gasteiger partial charge in [-0.05, 0) is 19.3 Å². The lowest BCUT2D eigenvalue weighted by Gasteiger charge is -2.21. The molecule has 2 rings (SSSR count). The maximum Gasteiger partial charge on any atom is 0.277 e. The molecule has 0 aromatic heterocycles. The van der Waals surface area contributed by atoms with Crippen LogP contribution in [0.4, 0.5) is 0 Å². The molecule has 1 aliphatic carbocycles. The Labute approximate surface area is 93.2 Å². The maximum atomic E-state index is 11.5. The SMILES string of the molecule is O=C1CCC(NS(=O)(=O)NC2CC2)C(=O)N1. The lowest BCUT2D eigenvalue weighted by atomic mass is 10.1. The smallest absolute Gasteiger partial charge is 0.277 e. The Kier molecular flexibility index (Phi) is 2.96. The quantitative estimate of drug-likeness (QED) is 0.519. The Morgan fingerprint density at radius 1 is 1.12 bits per heavy atom. The van der Waals surface area contributed by atoms with Crippen molar-refractivity contribution in [2.24, 2.45) is 0 Å². The molecule has 16 heavy (non-hydrogen) atoms. The molecule has 1 saturated carbocycles. The van der Waals surface area contributed by atoms with Crippen molar-refractivity contribution in [3.63, 3.8) is 0 Å². The van der Waals surface area contributed by atoms with Crippen LogP contribution in [-0.4, -0.2) is 32.3 Å². The molecular formula is C8H13N3O4S. The third-order valence-corrected chi connectivity index (χ3v) is 3.67. The van der Waals surface area contributed by atoms with Gasteiger partial charge in [0, 0.05) is 12.5 Å². The number of imide groups is 1. The Morgan fingerprint density at radius 2 is 1.81 bits per heavy atom. The predicted octanol–water partition coefficient (Wildman–Crippen LogP) is -1.62. The summed E-state index contributed by atoms with van der Waals surface area (Å²) in [5.41, 5.74) is 0. The number of nitrogens with one attached hydrogen (secondary N) is 3. The standard InChI is InChI=1S/C8H13N3O4S/c12-7-4-3-6(8(13)9-7)11-16(14,15)10-5-1-2-5/h5-6,10-11H,1-4H2,(H,9,12,13). The zero-order valence-electron chi connectivity index (χ0n) is 8.52. The number of carbonyl (C=O) groups is 2. The van der Waals surface area contributed by atoms with Gasteiger partial charge in [0.05, 0.1) is 0 Å². The number of piperidine rings is 1. The lowest BCUT2D eigenvalue weighted by molar-refractivity contribution is -0.134. The van der Waals surface area contributed by atoms with Gasteiger partial charge >= 0.3 is 0 Å². The Hall–Kier alpha value is -0.990. The molecule has 1 heterocycles. The van der Waals surface area contributed by atoms with E-state index < -0.39 is 22.2 Å². The van der Waals surface area contributed by atoms with E-state index in [-0.39, 0.29) is 24.8 Å². The van der Waals surface area contributed by atoms with Crippen molar-refractivity contribution in [1.82, 2.24) is 14.8 Å². The first-order valence-electron chi connectivity index (χ1n) is 5.09. The van der Waals surface area contributed by atoms with Crippen LogP contribution in [-0.2, 0) is 19.8 Å². The van der Waals surface area contributed by atoms with Crippen molar-refractivity contribution in [2.75, 3.05) is 0 Å². The van der Waals surface area contributed by atoms with E-state index in [4.69, 9.17) is 0 Å². The number of rotatable bonds is 4. The van der Waals surface area contributed by atoms with Gasteiger partial charge in [0.15, 0.2) is 0 Å². The van der Waals surface area contributed by atoms with Gasteiger partial charge in [-0.15, -0.1) is 0 Å². The van der Waals surface area contributed by atoms with Gasteiger partial charge in [0.2, 0.25) is 11.8 Å². The third-order valence-electron chi connectivity index (χ3n) is 2.44. The van der Waals surface area contributed by atoms with Gasteiger partial charge in [0.1, 0.15) is 6.04 Å². The first-order chi connectivity index (χ1) is 7.46. The molecule has 0 radical (unpaired) electrons. The molecule has 1 saturated heterocycles. The molecule has 2 aliphatic rings. The summed E-state index contributed by atoms with van der Waals surface area (Å²) in [6.45, 7) is 0. The second kappa shape index (κ2) is 4.11. The van der Waals surface area contributed by atoms with E-state index in [2.05, 4.69) is 14.8 Å². The predicted molar refractivity (Wildman–Crippen MR) is 54.4 cm³/mol. The Morgan fingerprint density at radius 3 is 2.38 bits per heavy atom. The van der Waals surface area contributed by atoms with Gasteiger partial charge in [-0.3, -0.25) is 14.9 Å². The highest BCUT2D eigenvalue weighted by atomic mass is 32.2. The van der Waals surface area contributed by atoms with Crippen LogP contribution >= 0.6 is 0 Å². The topological polar surface area (TPSA) is 104 Å². The summed E-state index contributed by atoms with van der Waals surface area (Å²) in [7, 11) is -3.64. The van der Waals surface area contributed by atoms with Gasteiger partial charge < -0.3 is 0 Å². The van der Waals surface area contributed by atoms with E-state index in [9.17, 15) is 18.0 Å². The molecular weight excluding hydrogens is 234 g/mol. The van der Waals surface area contributed by atoms with Crippen molar-refractivity contribution >= 4 is 22.0 Å². The minimum atomic E-state index is -3.64. The van der Waals surface area contributed by atoms with Crippen LogP contribution in [0.3, 0.4) is 0 Å². The summed E-state index contributed by atoms with van der Waals surface area (Å²) in [5, 5.41) is 2.09. The van der Waals surface area contributed by atoms with Crippen LogP contribution < -0.4 is 14.8 Å². The lowest BCUT2D eigenvalue weighted by Crippen LogP contribution is -2.54. The molecule has 1 atom stereocenters. The van der Waals surface area contributed by atoms with E-state index in [1.54, 1.807) is 0 Å². The van der Waals surface area contributed by atoms with E-state index >= 15 is 0 Å². The highest BCUT2D eigenvalue weighted by molar-refractivity contribution is 7.87. The summed E-state index contributed by atoms with van der Waals surface area (Å²) < 4.78 is 27.6. The van der Waals surface area contributed by atoms with Crippen molar-refractivity contribution in [2.45, 2.75) is 37.8 Å². The molecule has 3 N–H and O–H groups in total. The van der Waals surface area contributed by atoms with Crippen LogP contribution in [0.1, 0.15) is 25.7 Å². The van der Waals surface area contributed by atoms with Crippen molar-refractivity contribution in [3.8, 4) is 0 Å². The Bertz CT molecular complexity index is 415. The van der Waals surface area contributed by atoms with Crippen LogP contribution in [0.25, 0.3) is 0 Å². The molecule has 0 bridgehead atoms. The molecule has 1 aliphatic heterocycles. The Balaban J connectivity index is 1.92. The third kappa shape index (κ3) is 3.00. The monoisotopic (exact) mass is 247 g/mol. The summed E-state index contributed by atoms with van der Waals surface area (Å²) >= 11 is 0.